The van der Waals surface area contributed by atoms with Crippen LogP contribution in [-0.2, 0) is 15.0 Å². The minimum atomic E-state index is -1.33. The quantitative estimate of drug-likeness (QED) is 0.360. The first-order valence-corrected chi connectivity index (χ1v) is 13.0. The molecule has 37 heavy (non-hydrogen) atoms. The summed E-state index contributed by atoms with van der Waals surface area (Å²) in [5.41, 5.74) is -0.0573. The zero-order valence-corrected chi connectivity index (χ0v) is 22.5. The fraction of sp³-hybridized carbons (Fsp3) is 0.481. The van der Waals surface area contributed by atoms with Crippen LogP contribution < -0.4 is 16.0 Å². The summed E-state index contributed by atoms with van der Waals surface area (Å²) in [7, 11) is 0. The van der Waals surface area contributed by atoms with E-state index in [9.17, 15) is 19.1 Å². The predicted octanol–water partition coefficient (Wildman–Crippen LogP) is 3.74. The monoisotopic (exact) mass is 551 g/mol. The van der Waals surface area contributed by atoms with Crippen molar-refractivity contribution >= 4 is 40.7 Å². The van der Waals surface area contributed by atoms with Gasteiger partial charge in [-0.25, -0.2) is 4.39 Å². The molecule has 2 aromatic rings. The Morgan fingerprint density at radius 1 is 1.24 bits per heavy atom. The molecule has 0 bridgehead atoms. The molecule has 2 amide bonds. The maximum atomic E-state index is 14.9. The number of carbonyl (C=O) groups is 2. The second-order valence-corrected chi connectivity index (χ2v) is 11.9. The Kier molecular flexibility index (Phi) is 7.89. The van der Waals surface area contributed by atoms with Crippen molar-refractivity contribution in [2.75, 3.05) is 18.5 Å². The third-order valence-corrected chi connectivity index (χ3v) is 7.70. The van der Waals surface area contributed by atoms with E-state index < -0.39 is 41.9 Å². The van der Waals surface area contributed by atoms with E-state index >= 15 is 0 Å². The first-order chi connectivity index (χ1) is 17.4. The highest BCUT2D eigenvalue weighted by molar-refractivity contribution is 6.31. The average molecular weight is 552 g/mol. The summed E-state index contributed by atoms with van der Waals surface area (Å²) in [6.45, 7) is 5.83. The number of fused-ring (bicyclic) bond motifs is 2. The molecule has 0 aromatic heterocycles. The highest BCUT2D eigenvalue weighted by atomic mass is 35.5. The van der Waals surface area contributed by atoms with Gasteiger partial charge in [0.1, 0.15) is 11.2 Å². The molecule has 200 valence electrons. The normalized spacial score (nSPS) is 25.7. The predicted molar refractivity (Wildman–Crippen MR) is 141 cm³/mol. The van der Waals surface area contributed by atoms with Gasteiger partial charge in [-0.2, -0.15) is 0 Å². The Morgan fingerprint density at radius 3 is 2.62 bits per heavy atom. The number of aliphatic hydroxyl groups is 2. The summed E-state index contributed by atoms with van der Waals surface area (Å²) < 4.78 is 14.9. The van der Waals surface area contributed by atoms with Gasteiger partial charge in [-0.3, -0.25) is 9.59 Å². The molecule has 1 spiro atoms. The van der Waals surface area contributed by atoms with Crippen molar-refractivity contribution in [1.29, 1.82) is 0 Å². The Bertz CT molecular complexity index is 1200. The third-order valence-electron chi connectivity index (χ3n) is 7.18. The summed E-state index contributed by atoms with van der Waals surface area (Å²) in [5.74, 6) is -2.10. The van der Waals surface area contributed by atoms with E-state index in [1.54, 1.807) is 18.2 Å². The first-order valence-electron chi connectivity index (χ1n) is 12.3. The van der Waals surface area contributed by atoms with Gasteiger partial charge in [-0.15, -0.1) is 0 Å². The molecular weight excluding hydrogens is 520 g/mol. The molecule has 5 atom stereocenters. The molecule has 4 rings (SSSR count). The fourth-order valence-electron chi connectivity index (χ4n) is 5.70. The van der Waals surface area contributed by atoms with Crippen LogP contribution in [0.1, 0.15) is 50.7 Å². The molecule has 0 aliphatic carbocycles. The van der Waals surface area contributed by atoms with E-state index in [-0.39, 0.29) is 35.2 Å². The van der Waals surface area contributed by atoms with Crippen LogP contribution in [0.15, 0.2) is 36.4 Å². The van der Waals surface area contributed by atoms with E-state index in [1.807, 2.05) is 26.8 Å². The van der Waals surface area contributed by atoms with Gasteiger partial charge in [0.15, 0.2) is 0 Å². The standard InChI is InChI=1S/C27H32Cl2FN3O4/c1-26(2,3)12-21-27(17-10-19(30)18(29)11-20(17)32-25(27)37)22(14-5-4-6-15(28)9-14)23(33-21)24(36)31-8-7-16(35)13-34/h4-6,9-11,16,21-23,33-35H,7-8,12-13H2,1-3H3,(H,31,36)(H,32,37)/t16?,21-,22+,23-,27+/m1/s1. The average Bonchev–Trinajstić information content (AvgIpc) is 3.28. The molecule has 2 heterocycles. The SMILES string of the molecule is CC(C)(C)C[C@H]1N[C@@H](C(=O)NCCC(O)CO)[C@H](c2cccc(Cl)c2)[C@@]12C(=O)Nc1cc(Cl)c(F)cc12. The number of benzene rings is 2. The minimum Gasteiger partial charge on any atom is -0.394 e. The molecule has 7 nitrogen and oxygen atoms in total. The number of halogens is 3. The fourth-order valence-corrected chi connectivity index (χ4v) is 6.06. The van der Waals surface area contributed by atoms with E-state index in [0.29, 0.717) is 28.3 Å². The van der Waals surface area contributed by atoms with Gasteiger partial charge < -0.3 is 26.2 Å². The van der Waals surface area contributed by atoms with E-state index in [0.717, 1.165) is 0 Å². The highest BCUT2D eigenvalue weighted by Crippen LogP contribution is 2.57. The lowest BCUT2D eigenvalue weighted by atomic mass is 9.62. The number of anilines is 1. The van der Waals surface area contributed by atoms with Gasteiger partial charge in [0.05, 0.1) is 23.8 Å². The molecule has 0 saturated carbocycles. The molecule has 1 unspecified atom stereocenters. The van der Waals surface area contributed by atoms with Crippen LogP contribution >= 0.6 is 23.2 Å². The topological polar surface area (TPSA) is 111 Å². The van der Waals surface area contributed by atoms with Crippen LogP contribution in [0, 0.1) is 11.2 Å². The summed E-state index contributed by atoms with van der Waals surface area (Å²) in [5, 5.41) is 28.3. The van der Waals surface area contributed by atoms with E-state index in [2.05, 4.69) is 16.0 Å². The van der Waals surface area contributed by atoms with Crippen molar-refractivity contribution in [2.24, 2.45) is 5.41 Å². The molecule has 2 aliphatic heterocycles. The first kappa shape index (κ1) is 27.8. The summed E-state index contributed by atoms with van der Waals surface area (Å²) in [6, 6.07) is 8.30. The zero-order chi connectivity index (χ0) is 27.1. The van der Waals surface area contributed by atoms with Crippen LogP contribution in [0.4, 0.5) is 10.1 Å². The van der Waals surface area contributed by atoms with Crippen molar-refractivity contribution in [1.82, 2.24) is 10.6 Å². The van der Waals surface area contributed by atoms with Gasteiger partial charge in [-0.1, -0.05) is 56.1 Å². The van der Waals surface area contributed by atoms with Gasteiger partial charge in [0.25, 0.3) is 0 Å². The van der Waals surface area contributed by atoms with Gasteiger partial charge in [0, 0.05) is 29.2 Å². The zero-order valence-electron chi connectivity index (χ0n) is 20.9. The van der Waals surface area contributed by atoms with Crippen molar-refractivity contribution in [3.63, 3.8) is 0 Å². The smallest absolute Gasteiger partial charge is 0.237 e. The maximum absolute atomic E-state index is 14.9. The second kappa shape index (κ2) is 10.5. The molecule has 1 fully saturated rings. The van der Waals surface area contributed by atoms with Crippen LogP contribution in [0.25, 0.3) is 0 Å². The molecule has 10 heteroatoms. The van der Waals surface area contributed by atoms with Crippen molar-refractivity contribution in [3.8, 4) is 0 Å². The van der Waals surface area contributed by atoms with Gasteiger partial charge in [0.2, 0.25) is 11.8 Å². The maximum Gasteiger partial charge on any atom is 0.237 e. The minimum absolute atomic E-state index is 0.106. The van der Waals surface area contributed by atoms with Crippen molar-refractivity contribution in [3.05, 3.63) is 63.4 Å². The largest absolute Gasteiger partial charge is 0.394 e. The number of hydrogen-bond acceptors (Lipinski definition) is 5. The molecule has 2 aliphatic rings. The lowest BCUT2D eigenvalue weighted by Crippen LogP contribution is -2.49. The number of carbonyl (C=O) groups excluding carboxylic acids is 2. The Hall–Kier alpha value is -2.23. The number of amides is 2. The van der Waals surface area contributed by atoms with Gasteiger partial charge in [-0.05, 0) is 53.6 Å². The number of aliphatic hydroxyl groups excluding tert-OH is 2. The molecule has 2 aromatic carbocycles. The van der Waals surface area contributed by atoms with Crippen molar-refractivity contribution in [2.45, 2.75) is 63.1 Å². The summed E-state index contributed by atoms with van der Waals surface area (Å²) >= 11 is 12.4. The lowest BCUT2D eigenvalue weighted by molar-refractivity contribution is -0.124. The molecule has 0 radical (unpaired) electrons. The van der Waals surface area contributed by atoms with Crippen LogP contribution in [0.5, 0.6) is 0 Å². The second-order valence-electron chi connectivity index (χ2n) is 11.0. The number of rotatable bonds is 7. The Morgan fingerprint density at radius 2 is 1.97 bits per heavy atom. The van der Waals surface area contributed by atoms with Crippen LogP contribution in [-0.4, -0.2) is 53.4 Å². The van der Waals surface area contributed by atoms with Crippen LogP contribution in [0.3, 0.4) is 0 Å². The number of hydrogen-bond donors (Lipinski definition) is 5. The Balaban J connectivity index is 1.89. The molecule has 5 N–H and O–H groups in total. The van der Waals surface area contributed by atoms with E-state index in [4.69, 9.17) is 28.3 Å². The number of nitrogens with one attached hydrogen (secondary N) is 3. The lowest BCUT2D eigenvalue weighted by Gasteiger charge is -2.37. The van der Waals surface area contributed by atoms with Crippen LogP contribution in [0.2, 0.25) is 10.0 Å². The van der Waals surface area contributed by atoms with E-state index in [1.165, 1.54) is 12.1 Å². The summed E-state index contributed by atoms with van der Waals surface area (Å²) in [4.78, 5) is 27.6. The summed E-state index contributed by atoms with van der Waals surface area (Å²) in [6.07, 6.45) is -0.282. The highest BCUT2D eigenvalue weighted by Gasteiger charge is 2.65. The molecule has 1 saturated heterocycles. The van der Waals surface area contributed by atoms with Crippen molar-refractivity contribution < 1.29 is 24.2 Å². The Labute approximate surface area is 225 Å². The molecular formula is C27H32Cl2FN3O4. The van der Waals surface area contributed by atoms with Gasteiger partial charge >= 0.3 is 0 Å². The third kappa shape index (κ3) is 5.22.